The summed E-state index contributed by atoms with van der Waals surface area (Å²) < 4.78 is 15.9. The number of aromatic nitrogens is 2. The summed E-state index contributed by atoms with van der Waals surface area (Å²) in [7, 11) is 4.63. The van der Waals surface area contributed by atoms with Crippen molar-refractivity contribution in [1.29, 1.82) is 0 Å². The second kappa shape index (κ2) is 9.49. The van der Waals surface area contributed by atoms with E-state index in [1.807, 2.05) is 31.2 Å². The number of nitrogens with zero attached hydrogens (tertiary/aromatic N) is 3. The molecule has 7 nitrogen and oxygen atoms in total. The predicted octanol–water partition coefficient (Wildman–Crippen LogP) is 3.82. The molecule has 29 heavy (non-hydrogen) atoms. The lowest BCUT2D eigenvalue weighted by molar-refractivity contribution is 0.0972. The first-order valence-electron chi connectivity index (χ1n) is 9.01. The first kappa shape index (κ1) is 20.8. The molecule has 0 atom stereocenters. The zero-order chi connectivity index (χ0) is 20.8. The van der Waals surface area contributed by atoms with Crippen molar-refractivity contribution in [3.8, 4) is 22.1 Å². The Balaban J connectivity index is 1.97. The smallest absolute Gasteiger partial charge is 0.264 e. The van der Waals surface area contributed by atoms with E-state index in [9.17, 15) is 4.79 Å². The predicted molar refractivity (Wildman–Crippen MR) is 113 cm³/mol. The van der Waals surface area contributed by atoms with Crippen molar-refractivity contribution in [3.63, 3.8) is 0 Å². The molecule has 0 saturated heterocycles. The Morgan fingerprint density at radius 2 is 1.79 bits per heavy atom. The van der Waals surface area contributed by atoms with Crippen LogP contribution in [0.1, 0.15) is 15.9 Å². The van der Waals surface area contributed by atoms with E-state index in [2.05, 4.69) is 10.2 Å². The number of methoxy groups -OCH3 is 3. The molecule has 0 fully saturated rings. The zero-order valence-corrected chi connectivity index (χ0v) is 17.7. The van der Waals surface area contributed by atoms with Gasteiger partial charge >= 0.3 is 0 Å². The van der Waals surface area contributed by atoms with E-state index in [4.69, 9.17) is 14.2 Å². The number of amides is 1. The average molecular weight is 413 g/mol. The van der Waals surface area contributed by atoms with Gasteiger partial charge in [0.2, 0.25) is 5.13 Å². The topological polar surface area (TPSA) is 73.8 Å². The summed E-state index contributed by atoms with van der Waals surface area (Å²) in [5, 5.41) is 9.77. The van der Waals surface area contributed by atoms with E-state index in [1.165, 1.54) is 31.1 Å². The van der Waals surface area contributed by atoms with Crippen LogP contribution in [0.25, 0.3) is 10.6 Å². The van der Waals surface area contributed by atoms with Crippen LogP contribution >= 0.6 is 11.3 Å². The van der Waals surface area contributed by atoms with Gasteiger partial charge in [0, 0.05) is 12.7 Å². The van der Waals surface area contributed by atoms with Crippen LogP contribution in [0.4, 0.5) is 5.13 Å². The van der Waals surface area contributed by atoms with Crippen LogP contribution in [0.2, 0.25) is 0 Å². The SMILES string of the molecule is COCCN(C(=O)c1cccc(OC)c1OC)c1nnc(-c2ccc(C)cc2)s1. The molecule has 0 bridgehead atoms. The first-order chi connectivity index (χ1) is 14.1. The fourth-order valence-electron chi connectivity index (χ4n) is 2.80. The van der Waals surface area contributed by atoms with Crippen LogP contribution in [-0.2, 0) is 4.74 Å². The van der Waals surface area contributed by atoms with Crippen LogP contribution in [0, 0.1) is 6.92 Å². The van der Waals surface area contributed by atoms with Gasteiger partial charge in [0.25, 0.3) is 5.91 Å². The highest BCUT2D eigenvalue weighted by atomic mass is 32.1. The molecule has 1 amide bonds. The van der Waals surface area contributed by atoms with Gasteiger partial charge in [-0.05, 0) is 19.1 Å². The molecule has 2 aromatic carbocycles. The minimum absolute atomic E-state index is 0.260. The summed E-state index contributed by atoms with van der Waals surface area (Å²) in [6.45, 7) is 2.72. The van der Waals surface area contributed by atoms with Gasteiger partial charge in [0.05, 0.1) is 32.9 Å². The number of carbonyl (C=O) groups is 1. The lowest BCUT2D eigenvalue weighted by Crippen LogP contribution is -2.34. The zero-order valence-electron chi connectivity index (χ0n) is 16.8. The number of benzene rings is 2. The standard InChI is InChI=1S/C21H23N3O4S/c1-14-8-10-15(11-9-14)19-22-23-21(29-19)24(12-13-26-2)20(25)16-6-5-7-17(27-3)18(16)28-4/h5-11H,12-13H2,1-4H3. The molecule has 0 aliphatic carbocycles. The van der Waals surface area contributed by atoms with E-state index in [0.717, 1.165) is 10.6 Å². The van der Waals surface area contributed by atoms with Gasteiger partial charge in [-0.15, -0.1) is 10.2 Å². The highest BCUT2D eigenvalue weighted by Crippen LogP contribution is 2.34. The molecule has 1 aromatic heterocycles. The normalized spacial score (nSPS) is 10.6. The van der Waals surface area contributed by atoms with E-state index in [-0.39, 0.29) is 5.91 Å². The molecule has 1 heterocycles. The van der Waals surface area contributed by atoms with Gasteiger partial charge in [-0.3, -0.25) is 9.69 Å². The molecule has 0 N–H and O–H groups in total. The minimum Gasteiger partial charge on any atom is -0.493 e. The largest absolute Gasteiger partial charge is 0.493 e. The summed E-state index contributed by atoms with van der Waals surface area (Å²) in [6, 6.07) is 13.2. The van der Waals surface area contributed by atoms with Gasteiger partial charge in [-0.2, -0.15) is 0 Å². The molecule has 152 valence electrons. The van der Waals surface area contributed by atoms with Gasteiger partial charge in [0.15, 0.2) is 11.5 Å². The molecule has 0 aliphatic heterocycles. The van der Waals surface area contributed by atoms with E-state index in [1.54, 1.807) is 30.2 Å². The number of aryl methyl sites for hydroxylation is 1. The second-order valence-electron chi connectivity index (χ2n) is 6.25. The Kier molecular flexibility index (Phi) is 6.79. The van der Waals surface area contributed by atoms with Gasteiger partial charge in [0.1, 0.15) is 5.01 Å². The Labute approximate surface area is 173 Å². The fourth-order valence-corrected chi connectivity index (χ4v) is 3.68. The molecule has 0 radical (unpaired) electrons. The summed E-state index contributed by atoms with van der Waals surface area (Å²) >= 11 is 1.35. The highest BCUT2D eigenvalue weighted by molar-refractivity contribution is 7.18. The Morgan fingerprint density at radius 1 is 1.03 bits per heavy atom. The highest BCUT2D eigenvalue weighted by Gasteiger charge is 2.26. The fraction of sp³-hybridized carbons (Fsp3) is 0.286. The van der Waals surface area contributed by atoms with E-state index < -0.39 is 0 Å². The average Bonchev–Trinajstić information content (AvgIpc) is 3.23. The number of hydrogen-bond acceptors (Lipinski definition) is 7. The second-order valence-corrected chi connectivity index (χ2v) is 7.20. The van der Waals surface area contributed by atoms with Crippen LogP contribution in [-0.4, -0.2) is 50.6 Å². The maximum atomic E-state index is 13.4. The lowest BCUT2D eigenvalue weighted by Gasteiger charge is -2.21. The molecule has 3 aromatic rings. The Hall–Kier alpha value is -2.97. The third-order valence-corrected chi connectivity index (χ3v) is 5.34. The summed E-state index contributed by atoms with van der Waals surface area (Å²) in [5.41, 5.74) is 2.51. The van der Waals surface area contributed by atoms with Crippen molar-refractivity contribution in [2.24, 2.45) is 0 Å². The molecule has 3 rings (SSSR count). The third kappa shape index (κ3) is 4.55. The van der Waals surface area contributed by atoms with Crippen LogP contribution < -0.4 is 14.4 Å². The molecule has 0 unspecified atom stereocenters. The number of hydrogen-bond donors (Lipinski definition) is 0. The van der Waals surface area contributed by atoms with Gasteiger partial charge in [-0.1, -0.05) is 47.2 Å². The quantitative estimate of drug-likeness (QED) is 0.559. The first-order valence-corrected chi connectivity index (χ1v) is 9.83. The number of anilines is 1. The molecular weight excluding hydrogens is 390 g/mol. The van der Waals surface area contributed by atoms with Crippen molar-refractivity contribution >= 4 is 22.4 Å². The Morgan fingerprint density at radius 3 is 2.45 bits per heavy atom. The van der Waals surface area contributed by atoms with Crippen molar-refractivity contribution in [1.82, 2.24) is 10.2 Å². The maximum absolute atomic E-state index is 13.4. The number of rotatable bonds is 8. The summed E-state index contributed by atoms with van der Waals surface area (Å²) in [6.07, 6.45) is 0. The summed E-state index contributed by atoms with van der Waals surface area (Å²) in [4.78, 5) is 14.9. The number of ether oxygens (including phenoxy) is 3. The molecular formula is C21H23N3O4S. The van der Waals surface area contributed by atoms with Gasteiger partial charge in [-0.25, -0.2) is 0 Å². The number of para-hydroxylation sites is 1. The van der Waals surface area contributed by atoms with Crippen molar-refractivity contribution in [3.05, 3.63) is 53.6 Å². The minimum atomic E-state index is -0.260. The third-order valence-electron chi connectivity index (χ3n) is 4.34. The molecule has 0 spiro atoms. The molecule has 0 aliphatic rings. The molecule has 0 saturated carbocycles. The molecule has 8 heteroatoms. The monoisotopic (exact) mass is 413 g/mol. The van der Waals surface area contributed by atoms with E-state index in [0.29, 0.717) is 35.3 Å². The lowest BCUT2D eigenvalue weighted by atomic mass is 10.1. The number of carbonyl (C=O) groups excluding carboxylic acids is 1. The summed E-state index contributed by atoms with van der Waals surface area (Å²) in [5.74, 6) is 0.609. The van der Waals surface area contributed by atoms with Gasteiger partial charge < -0.3 is 14.2 Å². The van der Waals surface area contributed by atoms with Crippen molar-refractivity contribution < 1.29 is 19.0 Å². The van der Waals surface area contributed by atoms with Crippen LogP contribution in [0.15, 0.2) is 42.5 Å². The Bertz CT molecular complexity index is 972. The van der Waals surface area contributed by atoms with Crippen LogP contribution in [0.5, 0.6) is 11.5 Å². The van der Waals surface area contributed by atoms with E-state index >= 15 is 0 Å². The maximum Gasteiger partial charge on any atom is 0.264 e. The van der Waals surface area contributed by atoms with Crippen LogP contribution in [0.3, 0.4) is 0 Å². The van der Waals surface area contributed by atoms with Crippen molar-refractivity contribution in [2.75, 3.05) is 39.4 Å². The van der Waals surface area contributed by atoms with Crippen molar-refractivity contribution in [2.45, 2.75) is 6.92 Å².